The lowest BCUT2D eigenvalue weighted by Gasteiger charge is -2.23. The summed E-state index contributed by atoms with van der Waals surface area (Å²) in [5, 5.41) is 5.25. The number of carbonyl (C=O) groups is 1. The summed E-state index contributed by atoms with van der Waals surface area (Å²) in [6.07, 6.45) is 5.38. The minimum atomic E-state index is -0.229. The highest BCUT2D eigenvalue weighted by Gasteiger charge is 2.36. The Morgan fingerprint density at radius 3 is 2.50 bits per heavy atom. The zero-order valence-electron chi connectivity index (χ0n) is 14.9. The van der Waals surface area contributed by atoms with Gasteiger partial charge in [0.05, 0.1) is 6.10 Å². The number of benzene rings is 2. The van der Waals surface area contributed by atoms with Crippen LogP contribution in [0.15, 0.2) is 36.4 Å². The maximum absolute atomic E-state index is 12.7. The van der Waals surface area contributed by atoms with Crippen LogP contribution >= 0.6 is 0 Å². The summed E-state index contributed by atoms with van der Waals surface area (Å²) >= 11 is 0. The molecule has 2 aromatic carbocycles. The quantitative estimate of drug-likeness (QED) is 0.784. The van der Waals surface area contributed by atoms with Crippen LogP contribution in [0.3, 0.4) is 0 Å². The van der Waals surface area contributed by atoms with Crippen LogP contribution in [-0.2, 0) is 4.79 Å². The number of hydrogen-bond donors (Lipinski definition) is 1. The van der Waals surface area contributed by atoms with Crippen molar-refractivity contribution in [3.63, 3.8) is 0 Å². The molecule has 1 N–H and O–H groups in total. The molecule has 1 aliphatic carbocycles. The molecule has 128 valence electrons. The Morgan fingerprint density at radius 1 is 1.17 bits per heavy atom. The van der Waals surface area contributed by atoms with Gasteiger partial charge in [-0.25, -0.2) is 0 Å². The van der Waals surface area contributed by atoms with Crippen molar-refractivity contribution in [3.05, 3.63) is 36.4 Å². The molecule has 0 unspecified atom stereocenters. The van der Waals surface area contributed by atoms with Gasteiger partial charge in [-0.15, -0.1) is 0 Å². The monoisotopic (exact) mass is 325 g/mol. The smallest absolute Gasteiger partial charge is 0.230 e. The lowest BCUT2D eigenvalue weighted by molar-refractivity contribution is -0.124. The molecule has 1 amide bonds. The van der Waals surface area contributed by atoms with Gasteiger partial charge in [0, 0.05) is 21.9 Å². The van der Waals surface area contributed by atoms with Gasteiger partial charge in [-0.1, -0.05) is 51.0 Å². The van der Waals surface area contributed by atoms with Gasteiger partial charge in [0.15, 0.2) is 0 Å². The van der Waals surface area contributed by atoms with Gasteiger partial charge in [0.1, 0.15) is 5.75 Å². The van der Waals surface area contributed by atoms with E-state index in [0.29, 0.717) is 0 Å². The molecule has 3 nitrogen and oxygen atoms in total. The number of anilines is 1. The maximum Gasteiger partial charge on any atom is 0.230 e. The van der Waals surface area contributed by atoms with Gasteiger partial charge < -0.3 is 10.1 Å². The SMILES string of the molecule is CC[C@@H](C)Oc1ccc(NC(=O)C2(C)CCCC2)c2ccccc12. The molecule has 1 aliphatic rings. The molecule has 3 rings (SSSR count). The summed E-state index contributed by atoms with van der Waals surface area (Å²) in [5.41, 5.74) is 0.646. The highest BCUT2D eigenvalue weighted by molar-refractivity contribution is 6.05. The van der Waals surface area contributed by atoms with Crippen molar-refractivity contribution >= 4 is 22.4 Å². The summed E-state index contributed by atoms with van der Waals surface area (Å²) < 4.78 is 6.04. The molecule has 0 aliphatic heterocycles. The zero-order chi connectivity index (χ0) is 17.2. The Labute approximate surface area is 144 Å². The van der Waals surface area contributed by atoms with E-state index in [9.17, 15) is 4.79 Å². The van der Waals surface area contributed by atoms with Crippen LogP contribution in [-0.4, -0.2) is 12.0 Å². The summed E-state index contributed by atoms with van der Waals surface area (Å²) in [7, 11) is 0. The number of fused-ring (bicyclic) bond motifs is 1. The molecule has 2 aromatic rings. The third kappa shape index (κ3) is 3.26. The summed E-state index contributed by atoms with van der Waals surface area (Å²) in [6.45, 7) is 6.27. The Kier molecular flexibility index (Phi) is 4.79. The Bertz CT molecular complexity index is 732. The third-order valence-corrected chi connectivity index (χ3v) is 5.29. The number of hydrogen-bond acceptors (Lipinski definition) is 2. The largest absolute Gasteiger partial charge is 0.490 e. The van der Waals surface area contributed by atoms with E-state index in [1.165, 1.54) is 0 Å². The first-order chi connectivity index (χ1) is 11.5. The zero-order valence-corrected chi connectivity index (χ0v) is 14.9. The minimum absolute atomic E-state index is 0.140. The van der Waals surface area contributed by atoms with Gasteiger partial charge in [-0.2, -0.15) is 0 Å². The lowest BCUT2D eigenvalue weighted by atomic mass is 9.87. The second-order valence-electron chi connectivity index (χ2n) is 7.22. The van der Waals surface area contributed by atoms with Gasteiger partial charge in [0.25, 0.3) is 0 Å². The molecule has 1 fully saturated rings. The van der Waals surface area contributed by atoms with E-state index in [1.54, 1.807) is 0 Å². The predicted molar refractivity (Wildman–Crippen MR) is 99.5 cm³/mol. The highest BCUT2D eigenvalue weighted by Crippen LogP contribution is 2.39. The lowest BCUT2D eigenvalue weighted by Crippen LogP contribution is -2.30. The molecule has 0 saturated heterocycles. The van der Waals surface area contributed by atoms with Gasteiger partial charge in [-0.05, 0) is 38.3 Å². The van der Waals surface area contributed by atoms with E-state index in [2.05, 4.69) is 32.2 Å². The van der Waals surface area contributed by atoms with Crippen molar-refractivity contribution in [3.8, 4) is 5.75 Å². The van der Waals surface area contributed by atoms with Crippen LogP contribution in [0.25, 0.3) is 10.8 Å². The molecular formula is C21H27NO2. The third-order valence-electron chi connectivity index (χ3n) is 5.29. The average molecular weight is 325 g/mol. The first kappa shape index (κ1) is 16.8. The van der Waals surface area contributed by atoms with Crippen LogP contribution in [0.1, 0.15) is 52.9 Å². The number of rotatable bonds is 5. The molecule has 0 bridgehead atoms. The Hall–Kier alpha value is -2.03. The van der Waals surface area contributed by atoms with Gasteiger partial charge >= 0.3 is 0 Å². The molecule has 0 heterocycles. The molecular weight excluding hydrogens is 298 g/mol. The predicted octanol–water partition coefficient (Wildman–Crippen LogP) is 5.54. The van der Waals surface area contributed by atoms with Gasteiger partial charge in [-0.3, -0.25) is 4.79 Å². The van der Waals surface area contributed by atoms with Crippen molar-refractivity contribution in [1.29, 1.82) is 0 Å². The van der Waals surface area contributed by atoms with E-state index in [4.69, 9.17) is 4.74 Å². The standard InChI is InChI=1S/C21H27NO2/c1-4-15(2)24-19-12-11-18(16-9-5-6-10-17(16)19)22-20(23)21(3)13-7-8-14-21/h5-6,9-12,15H,4,7-8,13-14H2,1-3H3,(H,22,23)/t15-/m1/s1. The number of nitrogens with one attached hydrogen (secondary N) is 1. The summed E-state index contributed by atoms with van der Waals surface area (Å²) in [4.78, 5) is 12.7. The van der Waals surface area contributed by atoms with Crippen LogP contribution in [0, 0.1) is 5.41 Å². The molecule has 24 heavy (non-hydrogen) atoms. The molecule has 0 aromatic heterocycles. The number of ether oxygens (including phenoxy) is 1. The number of amides is 1. The maximum atomic E-state index is 12.7. The highest BCUT2D eigenvalue weighted by atomic mass is 16.5. The van der Waals surface area contributed by atoms with Crippen molar-refractivity contribution in [2.45, 2.75) is 59.0 Å². The fraction of sp³-hybridized carbons (Fsp3) is 0.476. The van der Waals surface area contributed by atoms with E-state index < -0.39 is 0 Å². The van der Waals surface area contributed by atoms with Crippen LogP contribution in [0.4, 0.5) is 5.69 Å². The molecule has 0 spiro atoms. The fourth-order valence-electron chi connectivity index (χ4n) is 3.44. The fourth-order valence-corrected chi connectivity index (χ4v) is 3.44. The molecule has 1 atom stereocenters. The van der Waals surface area contributed by atoms with E-state index in [-0.39, 0.29) is 17.4 Å². The Morgan fingerprint density at radius 2 is 1.83 bits per heavy atom. The van der Waals surface area contributed by atoms with Crippen LogP contribution in [0.2, 0.25) is 0 Å². The van der Waals surface area contributed by atoms with E-state index in [1.807, 2.05) is 30.3 Å². The summed E-state index contributed by atoms with van der Waals surface area (Å²) in [6, 6.07) is 12.1. The van der Waals surface area contributed by atoms with Crippen molar-refractivity contribution in [2.75, 3.05) is 5.32 Å². The second-order valence-corrected chi connectivity index (χ2v) is 7.22. The number of carbonyl (C=O) groups excluding carboxylic acids is 1. The minimum Gasteiger partial charge on any atom is -0.490 e. The van der Waals surface area contributed by atoms with Crippen molar-refractivity contribution in [2.24, 2.45) is 5.41 Å². The first-order valence-corrected chi connectivity index (χ1v) is 9.03. The topological polar surface area (TPSA) is 38.3 Å². The molecule has 3 heteroatoms. The Balaban J connectivity index is 1.92. The van der Waals surface area contributed by atoms with Crippen LogP contribution < -0.4 is 10.1 Å². The van der Waals surface area contributed by atoms with Crippen LogP contribution in [0.5, 0.6) is 5.75 Å². The average Bonchev–Trinajstić information content (AvgIpc) is 3.05. The van der Waals surface area contributed by atoms with E-state index in [0.717, 1.165) is 54.3 Å². The van der Waals surface area contributed by atoms with Crippen molar-refractivity contribution < 1.29 is 9.53 Å². The van der Waals surface area contributed by atoms with Crippen molar-refractivity contribution in [1.82, 2.24) is 0 Å². The second kappa shape index (κ2) is 6.84. The van der Waals surface area contributed by atoms with E-state index >= 15 is 0 Å². The summed E-state index contributed by atoms with van der Waals surface area (Å²) in [5.74, 6) is 1.02. The van der Waals surface area contributed by atoms with Gasteiger partial charge in [0.2, 0.25) is 5.91 Å². The molecule has 1 saturated carbocycles. The normalized spacial score (nSPS) is 17.6. The first-order valence-electron chi connectivity index (χ1n) is 9.03. The molecule has 0 radical (unpaired) electrons.